The highest BCUT2D eigenvalue weighted by Gasteiger charge is 2.23. The maximum absolute atomic E-state index is 12.2. The summed E-state index contributed by atoms with van der Waals surface area (Å²) in [5.41, 5.74) is 3.31. The van der Waals surface area contributed by atoms with E-state index in [4.69, 9.17) is 19.3 Å². The Labute approximate surface area is 212 Å². The number of aryl methyl sites for hydroxylation is 1. The second kappa shape index (κ2) is 10.3. The van der Waals surface area contributed by atoms with Gasteiger partial charge in [-0.2, -0.15) is 5.10 Å². The molecule has 0 saturated carbocycles. The summed E-state index contributed by atoms with van der Waals surface area (Å²) >= 11 is 0. The zero-order valence-corrected chi connectivity index (χ0v) is 22.2. The van der Waals surface area contributed by atoms with E-state index in [1.54, 1.807) is 17.8 Å². The number of fused-ring (bicyclic) bond motifs is 1. The zero-order chi connectivity index (χ0) is 26.0. The van der Waals surface area contributed by atoms with Crippen LogP contribution < -0.4 is 4.74 Å². The molecule has 1 unspecified atom stereocenters. The second-order valence-electron chi connectivity index (χ2n) is 10.3. The number of hydrogen-bond donors (Lipinski definition) is 0. The van der Waals surface area contributed by atoms with Crippen molar-refractivity contribution in [3.8, 4) is 11.6 Å². The highest BCUT2D eigenvalue weighted by molar-refractivity contribution is 5.92. The fourth-order valence-corrected chi connectivity index (χ4v) is 4.50. The lowest BCUT2D eigenvalue weighted by atomic mass is 10.1. The first kappa shape index (κ1) is 25.8. The van der Waals surface area contributed by atoms with Crippen LogP contribution in [0.2, 0.25) is 0 Å². The minimum absolute atomic E-state index is 0.0507. The van der Waals surface area contributed by atoms with Gasteiger partial charge in [0, 0.05) is 31.3 Å². The predicted octanol–water partition coefficient (Wildman–Crippen LogP) is 5.51. The van der Waals surface area contributed by atoms with Crippen molar-refractivity contribution in [3.05, 3.63) is 42.2 Å². The van der Waals surface area contributed by atoms with Crippen molar-refractivity contribution in [1.82, 2.24) is 24.5 Å². The maximum atomic E-state index is 12.2. The number of benzene rings is 1. The summed E-state index contributed by atoms with van der Waals surface area (Å²) in [6.07, 6.45) is 6.14. The molecule has 1 aromatic carbocycles. The Morgan fingerprint density at radius 1 is 1.31 bits per heavy atom. The van der Waals surface area contributed by atoms with Crippen molar-refractivity contribution in [2.45, 2.75) is 71.8 Å². The Bertz CT molecular complexity index is 1230. The average Bonchev–Trinajstić information content (AvgIpc) is 3.43. The Balaban J connectivity index is 1.52. The topological polar surface area (TPSA) is 83.6 Å². The number of carbonyl (C=O) groups is 1. The largest absolute Gasteiger partial charge is 0.472 e. The average molecular weight is 496 g/mol. The van der Waals surface area contributed by atoms with Gasteiger partial charge in [-0.1, -0.05) is 6.58 Å². The van der Waals surface area contributed by atoms with E-state index in [1.807, 2.05) is 50.7 Å². The molecule has 0 N–H and O–H groups in total. The van der Waals surface area contributed by atoms with Gasteiger partial charge in [-0.25, -0.2) is 14.2 Å². The number of amides is 1. The van der Waals surface area contributed by atoms with Crippen LogP contribution in [-0.2, 0) is 9.47 Å². The number of aromatic nitrogens is 4. The lowest BCUT2D eigenvalue weighted by Gasteiger charge is -2.26. The van der Waals surface area contributed by atoms with Crippen LogP contribution >= 0.6 is 0 Å². The van der Waals surface area contributed by atoms with Crippen molar-refractivity contribution in [2.24, 2.45) is 0 Å². The first-order valence-corrected chi connectivity index (χ1v) is 12.5. The molecule has 4 rings (SSSR count). The third-order valence-corrected chi connectivity index (χ3v) is 6.12. The molecule has 0 radical (unpaired) electrons. The molecule has 3 aromatic rings. The lowest BCUT2D eigenvalue weighted by molar-refractivity contribution is -0.0367. The fraction of sp³-hybridized carbons (Fsp3) is 0.519. The highest BCUT2D eigenvalue weighted by atomic mass is 16.6. The van der Waals surface area contributed by atoms with Crippen LogP contribution in [0.5, 0.6) is 5.88 Å². The Morgan fingerprint density at radius 2 is 2.08 bits per heavy atom. The molecular formula is C27H37N5O4. The maximum Gasteiger partial charge on any atom is 0.410 e. The number of ether oxygens (including phenoxy) is 3. The fourth-order valence-electron chi connectivity index (χ4n) is 4.50. The highest BCUT2D eigenvalue weighted by Crippen LogP contribution is 2.33. The van der Waals surface area contributed by atoms with Crippen LogP contribution in [0.1, 0.15) is 64.4 Å². The van der Waals surface area contributed by atoms with Gasteiger partial charge in [0.2, 0.25) is 5.88 Å². The number of carbonyl (C=O) groups excluding carboxylic acids is 1. The molecule has 9 heteroatoms. The van der Waals surface area contributed by atoms with Crippen molar-refractivity contribution in [3.63, 3.8) is 0 Å². The lowest BCUT2D eigenvalue weighted by Crippen LogP contribution is -2.39. The second-order valence-corrected chi connectivity index (χ2v) is 10.3. The molecule has 3 heterocycles. The standard InChI is InChI=1S/C27H37N5O4/c1-8-20-25-19(3)21(12-13-22(25)32(28-20)24-11-9-10-16-34-24)31-15-14-23(29-31)35-18(2)17-30(7)26(33)36-27(4,5)6/h8,12-15,18,24H,1,9-11,16-17H2,2-7H3/t18?,24-/m0/s1. The minimum atomic E-state index is -0.543. The zero-order valence-electron chi connectivity index (χ0n) is 22.2. The molecule has 0 aliphatic carbocycles. The van der Waals surface area contributed by atoms with E-state index in [2.05, 4.69) is 24.7 Å². The van der Waals surface area contributed by atoms with Crippen molar-refractivity contribution in [2.75, 3.05) is 20.2 Å². The van der Waals surface area contributed by atoms with E-state index in [1.165, 1.54) is 4.90 Å². The van der Waals surface area contributed by atoms with Crippen LogP contribution in [0, 0.1) is 6.92 Å². The Morgan fingerprint density at radius 3 is 2.75 bits per heavy atom. The molecule has 1 amide bonds. The van der Waals surface area contributed by atoms with E-state index < -0.39 is 5.60 Å². The third-order valence-electron chi connectivity index (χ3n) is 6.12. The molecule has 36 heavy (non-hydrogen) atoms. The van der Waals surface area contributed by atoms with E-state index in [9.17, 15) is 4.79 Å². The number of likely N-dealkylation sites (N-methyl/N-ethyl adjacent to an activating group) is 1. The molecule has 0 spiro atoms. The summed E-state index contributed by atoms with van der Waals surface area (Å²) in [5, 5.41) is 10.5. The quantitative estimate of drug-likeness (QED) is 0.430. The van der Waals surface area contributed by atoms with Crippen LogP contribution in [0.15, 0.2) is 31.0 Å². The van der Waals surface area contributed by atoms with E-state index >= 15 is 0 Å². The summed E-state index contributed by atoms with van der Waals surface area (Å²) in [4.78, 5) is 13.8. The smallest absolute Gasteiger partial charge is 0.410 e. The summed E-state index contributed by atoms with van der Waals surface area (Å²) in [6.45, 7) is 14.6. The predicted molar refractivity (Wildman–Crippen MR) is 139 cm³/mol. The molecule has 1 fully saturated rings. The van der Waals surface area contributed by atoms with Gasteiger partial charge < -0.3 is 19.1 Å². The molecular weight excluding hydrogens is 458 g/mol. The van der Waals surface area contributed by atoms with E-state index in [0.29, 0.717) is 12.4 Å². The summed E-state index contributed by atoms with van der Waals surface area (Å²) in [7, 11) is 1.70. The van der Waals surface area contributed by atoms with Crippen LogP contribution in [0.3, 0.4) is 0 Å². The molecule has 194 valence electrons. The van der Waals surface area contributed by atoms with Crippen molar-refractivity contribution >= 4 is 23.1 Å². The SMILES string of the molecule is C=Cc1nn([C@@H]2CCCCO2)c2ccc(-n3ccc(OC(C)CN(C)C(=O)OC(C)(C)C)n3)c(C)c12. The van der Waals surface area contributed by atoms with Gasteiger partial charge in [-0.15, -0.1) is 5.10 Å². The van der Waals surface area contributed by atoms with Crippen LogP contribution in [0.4, 0.5) is 4.79 Å². The normalized spacial score (nSPS) is 17.1. The number of nitrogens with zero attached hydrogens (tertiary/aromatic N) is 5. The molecule has 2 aromatic heterocycles. The van der Waals surface area contributed by atoms with Crippen LogP contribution in [0.25, 0.3) is 22.7 Å². The Hall–Kier alpha value is -3.33. The van der Waals surface area contributed by atoms with Crippen LogP contribution in [-0.4, -0.2) is 62.5 Å². The molecule has 9 nitrogen and oxygen atoms in total. The van der Waals surface area contributed by atoms with Crippen molar-refractivity contribution < 1.29 is 19.0 Å². The molecule has 2 atom stereocenters. The van der Waals surface area contributed by atoms with Gasteiger partial charge in [0.05, 0.1) is 23.4 Å². The summed E-state index contributed by atoms with van der Waals surface area (Å²) in [5.74, 6) is 0.481. The number of rotatable bonds is 7. The molecule has 0 bridgehead atoms. The number of hydrogen-bond acceptors (Lipinski definition) is 6. The van der Waals surface area contributed by atoms with Gasteiger partial charge in [0.25, 0.3) is 0 Å². The summed E-state index contributed by atoms with van der Waals surface area (Å²) in [6, 6.07) is 5.93. The molecule has 1 aliphatic rings. The summed E-state index contributed by atoms with van der Waals surface area (Å²) < 4.78 is 21.2. The van der Waals surface area contributed by atoms with Gasteiger partial charge in [0.1, 0.15) is 11.7 Å². The minimum Gasteiger partial charge on any atom is -0.472 e. The Kier molecular flexibility index (Phi) is 7.40. The van der Waals surface area contributed by atoms with E-state index in [0.717, 1.165) is 53.7 Å². The molecule has 1 aliphatic heterocycles. The first-order valence-electron chi connectivity index (χ1n) is 12.5. The first-order chi connectivity index (χ1) is 17.1. The van der Waals surface area contributed by atoms with E-state index in [-0.39, 0.29) is 18.4 Å². The van der Waals surface area contributed by atoms with Crippen molar-refractivity contribution in [1.29, 1.82) is 0 Å². The van der Waals surface area contributed by atoms with Gasteiger partial charge in [0.15, 0.2) is 6.23 Å². The van der Waals surface area contributed by atoms with Gasteiger partial charge in [-0.05, 0) is 77.7 Å². The van der Waals surface area contributed by atoms with Gasteiger partial charge >= 0.3 is 6.09 Å². The third kappa shape index (κ3) is 5.56. The van der Waals surface area contributed by atoms with Gasteiger partial charge in [-0.3, -0.25) is 0 Å². The monoisotopic (exact) mass is 495 g/mol. The molecule has 1 saturated heterocycles.